The van der Waals surface area contributed by atoms with Crippen molar-refractivity contribution >= 4 is 6.08 Å². The number of aromatic nitrogens is 2. The van der Waals surface area contributed by atoms with Crippen molar-refractivity contribution in [3.63, 3.8) is 0 Å². The molecule has 2 heteroatoms. The molecule has 0 saturated heterocycles. The molecule has 1 heterocycles. The van der Waals surface area contributed by atoms with Gasteiger partial charge in [0, 0.05) is 7.05 Å². The Labute approximate surface area is 72.9 Å². The Balaban J connectivity index is 2.15. The van der Waals surface area contributed by atoms with Crippen LogP contribution in [0.25, 0.3) is 6.08 Å². The van der Waals surface area contributed by atoms with E-state index in [0.717, 1.165) is 18.0 Å². The molecule has 1 aromatic rings. The van der Waals surface area contributed by atoms with Crippen molar-refractivity contribution in [1.29, 1.82) is 0 Å². The summed E-state index contributed by atoms with van der Waals surface area (Å²) in [4.78, 5) is 0. The Morgan fingerprint density at radius 3 is 3.00 bits per heavy atom. The third-order valence-corrected chi connectivity index (χ3v) is 2.37. The van der Waals surface area contributed by atoms with E-state index in [1.54, 1.807) is 0 Å². The Morgan fingerprint density at radius 2 is 2.50 bits per heavy atom. The molecule has 0 aromatic carbocycles. The van der Waals surface area contributed by atoms with E-state index in [1.807, 2.05) is 17.8 Å². The second-order valence-corrected chi connectivity index (χ2v) is 3.54. The van der Waals surface area contributed by atoms with Gasteiger partial charge in [-0.05, 0) is 37.3 Å². The molecule has 1 aliphatic rings. The summed E-state index contributed by atoms with van der Waals surface area (Å²) in [6, 6.07) is 2.13. The van der Waals surface area contributed by atoms with E-state index in [4.69, 9.17) is 0 Å². The monoisotopic (exact) mass is 162 g/mol. The van der Waals surface area contributed by atoms with E-state index in [1.165, 1.54) is 18.5 Å². The summed E-state index contributed by atoms with van der Waals surface area (Å²) in [5.74, 6) is 0.914. The van der Waals surface area contributed by atoms with Gasteiger partial charge in [0.2, 0.25) is 0 Å². The van der Waals surface area contributed by atoms with Crippen LogP contribution in [-0.2, 0) is 13.5 Å². The summed E-state index contributed by atoms with van der Waals surface area (Å²) in [7, 11) is 1.97. The highest BCUT2D eigenvalue weighted by atomic mass is 15.3. The third-order valence-electron chi connectivity index (χ3n) is 2.37. The van der Waals surface area contributed by atoms with E-state index < -0.39 is 0 Å². The van der Waals surface area contributed by atoms with Crippen LogP contribution >= 0.6 is 0 Å². The molecule has 64 valence electrons. The molecule has 0 aliphatic heterocycles. The van der Waals surface area contributed by atoms with E-state index in [-0.39, 0.29) is 0 Å². The number of hydrogen-bond acceptors (Lipinski definition) is 1. The number of rotatable bonds is 3. The highest BCUT2D eigenvalue weighted by Crippen LogP contribution is 2.32. The Morgan fingerprint density at radius 1 is 1.75 bits per heavy atom. The van der Waals surface area contributed by atoms with Crippen molar-refractivity contribution in [2.24, 2.45) is 13.0 Å². The molecule has 0 atom stereocenters. The standard InChI is InChI=1S/C10H14N2/c1-3-10-7-9(11-12(10)2)6-8-4-5-8/h3,7-8H,1,4-6H2,2H3. The molecule has 1 saturated carbocycles. The lowest BCUT2D eigenvalue weighted by molar-refractivity contribution is 0.712. The van der Waals surface area contributed by atoms with Crippen LogP contribution in [0.2, 0.25) is 0 Å². The van der Waals surface area contributed by atoms with Crippen molar-refractivity contribution in [1.82, 2.24) is 9.78 Å². The van der Waals surface area contributed by atoms with E-state index in [9.17, 15) is 0 Å². The van der Waals surface area contributed by atoms with E-state index in [0.29, 0.717) is 0 Å². The normalized spacial score (nSPS) is 16.4. The average Bonchev–Trinajstić information content (AvgIpc) is 2.76. The lowest BCUT2D eigenvalue weighted by atomic mass is 10.2. The fraction of sp³-hybridized carbons (Fsp3) is 0.500. The summed E-state index contributed by atoms with van der Waals surface area (Å²) >= 11 is 0. The number of aryl methyl sites for hydroxylation is 1. The predicted molar refractivity (Wildman–Crippen MR) is 49.7 cm³/mol. The van der Waals surface area contributed by atoms with Gasteiger partial charge >= 0.3 is 0 Å². The second-order valence-electron chi connectivity index (χ2n) is 3.54. The average molecular weight is 162 g/mol. The van der Waals surface area contributed by atoms with Gasteiger partial charge in [-0.2, -0.15) is 5.10 Å². The zero-order chi connectivity index (χ0) is 8.55. The molecule has 12 heavy (non-hydrogen) atoms. The van der Waals surface area contributed by atoms with Crippen molar-refractivity contribution in [2.45, 2.75) is 19.3 Å². The van der Waals surface area contributed by atoms with Crippen LogP contribution in [-0.4, -0.2) is 9.78 Å². The van der Waals surface area contributed by atoms with Crippen molar-refractivity contribution in [2.75, 3.05) is 0 Å². The minimum atomic E-state index is 0.914. The first kappa shape index (κ1) is 7.59. The summed E-state index contributed by atoms with van der Waals surface area (Å²) in [5.41, 5.74) is 2.33. The molecule has 0 N–H and O–H groups in total. The number of hydrogen-bond donors (Lipinski definition) is 0. The van der Waals surface area contributed by atoms with Crippen LogP contribution in [0.3, 0.4) is 0 Å². The van der Waals surface area contributed by atoms with Gasteiger partial charge in [-0.1, -0.05) is 6.58 Å². The van der Waals surface area contributed by atoms with Gasteiger partial charge in [0.25, 0.3) is 0 Å². The smallest absolute Gasteiger partial charge is 0.0633 e. The van der Waals surface area contributed by atoms with Gasteiger partial charge in [0.1, 0.15) is 0 Å². The molecule has 1 fully saturated rings. The van der Waals surface area contributed by atoms with Crippen molar-refractivity contribution < 1.29 is 0 Å². The molecule has 0 unspecified atom stereocenters. The Hall–Kier alpha value is -1.05. The summed E-state index contributed by atoms with van der Waals surface area (Å²) in [6.07, 6.45) is 5.78. The molecule has 0 amide bonds. The summed E-state index contributed by atoms with van der Waals surface area (Å²) < 4.78 is 1.89. The highest BCUT2D eigenvalue weighted by Gasteiger charge is 2.22. The highest BCUT2D eigenvalue weighted by molar-refractivity contribution is 5.42. The maximum atomic E-state index is 4.41. The van der Waals surface area contributed by atoms with Crippen molar-refractivity contribution in [3.8, 4) is 0 Å². The molecule has 1 aromatic heterocycles. The van der Waals surface area contributed by atoms with Gasteiger partial charge in [0.05, 0.1) is 11.4 Å². The topological polar surface area (TPSA) is 17.8 Å². The first-order valence-corrected chi connectivity index (χ1v) is 4.45. The second kappa shape index (κ2) is 2.77. The van der Waals surface area contributed by atoms with Gasteiger partial charge in [-0.15, -0.1) is 0 Å². The lowest BCUT2D eigenvalue weighted by Gasteiger charge is -1.91. The first-order chi connectivity index (χ1) is 5.79. The van der Waals surface area contributed by atoms with Crippen LogP contribution in [0.15, 0.2) is 12.6 Å². The van der Waals surface area contributed by atoms with Crippen LogP contribution in [0.5, 0.6) is 0 Å². The van der Waals surface area contributed by atoms with Crippen LogP contribution in [0.4, 0.5) is 0 Å². The third kappa shape index (κ3) is 1.42. The lowest BCUT2D eigenvalue weighted by Crippen LogP contribution is -1.94. The predicted octanol–water partition coefficient (Wildman–Crippen LogP) is 2.02. The molecule has 0 spiro atoms. The first-order valence-electron chi connectivity index (χ1n) is 4.45. The Kier molecular flexibility index (Phi) is 1.75. The molecule has 2 rings (SSSR count). The molecule has 1 aliphatic carbocycles. The maximum absolute atomic E-state index is 4.41. The van der Waals surface area contributed by atoms with Gasteiger partial charge < -0.3 is 0 Å². The van der Waals surface area contributed by atoms with Crippen LogP contribution in [0.1, 0.15) is 24.2 Å². The fourth-order valence-corrected chi connectivity index (χ4v) is 1.45. The maximum Gasteiger partial charge on any atom is 0.0633 e. The minimum Gasteiger partial charge on any atom is -0.268 e. The zero-order valence-electron chi connectivity index (χ0n) is 7.45. The number of nitrogens with zero attached hydrogens (tertiary/aromatic N) is 2. The van der Waals surface area contributed by atoms with Gasteiger partial charge in [-0.3, -0.25) is 4.68 Å². The molecule has 0 radical (unpaired) electrons. The SMILES string of the molecule is C=Cc1cc(CC2CC2)nn1C. The summed E-state index contributed by atoms with van der Waals surface area (Å²) in [6.45, 7) is 3.74. The van der Waals surface area contributed by atoms with Gasteiger partial charge in [0.15, 0.2) is 0 Å². The fourth-order valence-electron chi connectivity index (χ4n) is 1.45. The summed E-state index contributed by atoms with van der Waals surface area (Å²) in [5, 5.41) is 4.41. The zero-order valence-corrected chi connectivity index (χ0v) is 7.45. The Bertz CT molecular complexity index is 295. The van der Waals surface area contributed by atoms with E-state index >= 15 is 0 Å². The van der Waals surface area contributed by atoms with Crippen LogP contribution < -0.4 is 0 Å². The largest absolute Gasteiger partial charge is 0.268 e. The van der Waals surface area contributed by atoms with Crippen LogP contribution in [0, 0.1) is 5.92 Å². The minimum absolute atomic E-state index is 0.914. The van der Waals surface area contributed by atoms with Gasteiger partial charge in [-0.25, -0.2) is 0 Å². The molecule has 0 bridgehead atoms. The molecular formula is C10H14N2. The molecule has 2 nitrogen and oxygen atoms in total. The van der Waals surface area contributed by atoms with E-state index in [2.05, 4.69) is 17.7 Å². The van der Waals surface area contributed by atoms with Crippen molar-refractivity contribution in [3.05, 3.63) is 24.0 Å². The molecular weight excluding hydrogens is 148 g/mol. The quantitative estimate of drug-likeness (QED) is 0.664.